The number of rotatable bonds is 4. The Hall–Kier alpha value is 0.120. The molecule has 0 saturated heterocycles. The first kappa shape index (κ1) is 12.1. The third-order valence-corrected chi connectivity index (χ3v) is 2.84. The van der Waals surface area contributed by atoms with Gasteiger partial charge in [0, 0.05) is 0 Å². The lowest BCUT2D eigenvalue weighted by atomic mass is 9.93. The van der Waals surface area contributed by atoms with Gasteiger partial charge in [0.05, 0.1) is 12.8 Å². The monoisotopic (exact) mass is 196 g/mol. The highest BCUT2D eigenvalue weighted by Crippen LogP contribution is 2.48. The molecule has 0 aliphatic rings. The summed E-state index contributed by atoms with van der Waals surface area (Å²) in [7, 11) is -3.76. The third-order valence-electron chi connectivity index (χ3n) is 1.51. The van der Waals surface area contributed by atoms with Crippen molar-refractivity contribution in [2.45, 2.75) is 34.1 Å². The Morgan fingerprint density at radius 2 is 1.92 bits per heavy atom. The average Bonchev–Trinajstić information content (AvgIpc) is 1.84. The maximum Gasteiger partial charge on any atom is 0.367 e. The summed E-state index contributed by atoms with van der Waals surface area (Å²) in [6.07, 6.45) is 0.693. The molecule has 0 bridgehead atoms. The molecule has 0 N–H and O–H groups in total. The van der Waals surface area contributed by atoms with Crippen LogP contribution < -0.4 is 0 Å². The van der Waals surface area contributed by atoms with E-state index in [1.54, 1.807) is 0 Å². The minimum Gasteiger partial charge on any atom is -0.306 e. The molecule has 0 aromatic heterocycles. The van der Waals surface area contributed by atoms with Gasteiger partial charge < -0.3 is 4.52 Å². The molecule has 1 atom stereocenters. The van der Waals surface area contributed by atoms with Crippen LogP contribution in [-0.2, 0) is 9.09 Å². The largest absolute Gasteiger partial charge is 0.367 e. The van der Waals surface area contributed by atoms with Crippen LogP contribution in [0, 0.1) is 5.41 Å². The molecule has 2 nitrogen and oxygen atoms in total. The maximum absolute atomic E-state index is 12.7. The van der Waals surface area contributed by atoms with E-state index in [-0.39, 0.29) is 18.2 Å². The Bertz CT molecular complexity index is 174. The van der Waals surface area contributed by atoms with E-state index >= 15 is 0 Å². The van der Waals surface area contributed by atoms with Crippen LogP contribution in [0.15, 0.2) is 0 Å². The summed E-state index contributed by atoms with van der Waals surface area (Å²) in [5, 5.41) is 0. The normalized spacial score (nSPS) is 17.4. The van der Waals surface area contributed by atoms with E-state index in [4.69, 9.17) is 0 Å². The van der Waals surface area contributed by atoms with E-state index in [0.29, 0.717) is 0 Å². The zero-order valence-electron chi connectivity index (χ0n) is 8.26. The van der Waals surface area contributed by atoms with Gasteiger partial charge in [-0.3, -0.25) is 4.57 Å². The molecule has 12 heavy (non-hydrogen) atoms. The van der Waals surface area contributed by atoms with E-state index in [1.807, 2.05) is 20.8 Å². The predicted octanol–water partition coefficient (Wildman–Crippen LogP) is 3.62. The van der Waals surface area contributed by atoms with Gasteiger partial charge in [-0.15, -0.1) is 0 Å². The number of halogens is 1. The van der Waals surface area contributed by atoms with Crippen molar-refractivity contribution >= 4 is 7.68 Å². The Labute approximate surface area is 74.1 Å². The molecule has 0 amide bonds. The highest BCUT2D eigenvalue weighted by atomic mass is 31.2. The molecule has 0 aliphatic carbocycles. The molecular formula is C8H18FO2P. The zero-order valence-corrected chi connectivity index (χ0v) is 9.16. The molecule has 0 saturated carbocycles. The Morgan fingerprint density at radius 3 is 2.25 bits per heavy atom. The molecule has 0 radical (unpaired) electrons. The van der Waals surface area contributed by atoms with Crippen LogP contribution in [0.5, 0.6) is 0 Å². The van der Waals surface area contributed by atoms with Crippen molar-refractivity contribution in [2.75, 3.05) is 12.8 Å². The van der Waals surface area contributed by atoms with E-state index in [2.05, 4.69) is 4.52 Å². The molecule has 1 unspecified atom stereocenters. The average molecular weight is 196 g/mol. The smallest absolute Gasteiger partial charge is 0.306 e. The quantitative estimate of drug-likeness (QED) is 0.642. The summed E-state index contributed by atoms with van der Waals surface area (Å²) in [5.74, 6) is 0. The second-order valence-electron chi connectivity index (χ2n) is 4.05. The molecule has 0 aromatic rings. The molecule has 0 fully saturated rings. The van der Waals surface area contributed by atoms with Gasteiger partial charge in [-0.1, -0.05) is 27.7 Å². The summed E-state index contributed by atoms with van der Waals surface area (Å²) in [6, 6.07) is 0. The van der Waals surface area contributed by atoms with Crippen LogP contribution >= 0.6 is 7.68 Å². The van der Waals surface area contributed by atoms with Crippen LogP contribution in [-0.4, -0.2) is 12.8 Å². The maximum atomic E-state index is 12.7. The zero-order chi connectivity index (χ0) is 9.83. The van der Waals surface area contributed by atoms with Crippen molar-refractivity contribution in [3.8, 4) is 0 Å². The molecular weight excluding hydrogens is 178 g/mol. The summed E-state index contributed by atoms with van der Waals surface area (Å²) < 4.78 is 28.2. The summed E-state index contributed by atoms with van der Waals surface area (Å²) in [5.41, 5.74) is 0.105. The second-order valence-corrected chi connectivity index (χ2v) is 6.12. The highest BCUT2D eigenvalue weighted by Gasteiger charge is 2.19. The molecule has 0 aliphatic heterocycles. The van der Waals surface area contributed by atoms with Crippen molar-refractivity contribution in [2.24, 2.45) is 5.41 Å². The van der Waals surface area contributed by atoms with Crippen LogP contribution in [0.1, 0.15) is 34.1 Å². The second kappa shape index (κ2) is 4.38. The van der Waals surface area contributed by atoms with Gasteiger partial charge in [-0.25, -0.2) is 0 Å². The molecule has 0 heterocycles. The fourth-order valence-electron chi connectivity index (χ4n) is 0.579. The van der Waals surface area contributed by atoms with Crippen LogP contribution in [0.4, 0.5) is 4.20 Å². The molecule has 4 heteroatoms. The van der Waals surface area contributed by atoms with Crippen LogP contribution in [0.25, 0.3) is 0 Å². The standard InChI is InChI=1S/C8H18FO2P/c1-5-12(9,10)11-7-6-8(2,3)4/h5-7H2,1-4H3. The van der Waals surface area contributed by atoms with Gasteiger partial charge in [0.1, 0.15) is 0 Å². The fourth-order valence-corrected chi connectivity index (χ4v) is 1.13. The number of hydrogen-bond donors (Lipinski definition) is 0. The van der Waals surface area contributed by atoms with Gasteiger partial charge in [0.25, 0.3) is 0 Å². The number of hydrogen-bond acceptors (Lipinski definition) is 2. The van der Waals surface area contributed by atoms with Crippen LogP contribution in [0.3, 0.4) is 0 Å². The Balaban J connectivity index is 3.65. The first-order chi connectivity index (χ1) is 5.27. The topological polar surface area (TPSA) is 26.3 Å². The highest BCUT2D eigenvalue weighted by molar-refractivity contribution is 7.53. The fraction of sp³-hybridized carbons (Fsp3) is 1.00. The van der Waals surface area contributed by atoms with Crippen molar-refractivity contribution in [3.63, 3.8) is 0 Å². The molecule has 0 aromatic carbocycles. The molecule has 0 spiro atoms. The summed E-state index contributed by atoms with van der Waals surface area (Å²) in [6.45, 7) is 7.87. The Morgan fingerprint density at radius 1 is 1.42 bits per heavy atom. The van der Waals surface area contributed by atoms with Gasteiger partial charge in [0.2, 0.25) is 0 Å². The summed E-state index contributed by atoms with van der Waals surface area (Å²) >= 11 is 0. The predicted molar refractivity (Wildman–Crippen MR) is 49.3 cm³/mol. The third kappa shape index (κ3) is 6.81. The van der Waals surface area contributed by atoms with E-state index < -0.39 is 7.68 Å². The van der Waals surface area contributed by atoms with E-state index in [9.17, 15) is 8.76 Å². The van der Waals surface area contributed by atoms with Gasteiger partial charge >= 0.3 is 7.68 Å². The Kier molecular flexibility index (Phi) is 4.43. The first-order valence-corrected chi connectivity index (χ1v) is 5.90. The molecule has 74 valence electrons. The van der Waals surface area contributed by atoms with Crippen molar-refractivity contribution in [1.82, 2.24) is 0 Å². The lowest BCUT2D eigenvalue weighted by molar-refractivity contribution is 0.230. The minimum absolute atomic E-state index is 0.0306. The van der Waals surface area contributed by atoms with Gasteiger partial charge in [0.15, 0.2) is 0 Å². The minimum atomic E-state index is -3.76. The van der Waals surface area contributed by atoms with E-state index in [1.165, 1.54) is 6.92 Å². The lowest BCUT2D eigenvalue weighted by Gasteiger charge is -2.18. The van der Waals surface area contributed by atoms with Crippen molar-refractivity contribution < 1.29 is 13.3 Å². The first-order valence-electron chi connectivity index (χ1n) is 4.20. The van der Waals surface area contributed by atoms with Crippen LogP contribution in [0.2, 0.25) is 0 Å². The van der Waals surface area contributed by atoms with Gasteiger partial charge in [-0.2, -0.15) is 4.20 Å². The van der Waals surface area contributed by atoms with E-state index in [0.717, 1.165) is 6.42 Å². The van der Waals surface area contributed by atoms with Gasteiger partial charge in [-0.05, 0) is 11.8 Å². The summed E-state index contributed by atoms with van der Waals surface area (Å²) in [4.78, 5) is 0. The van der Waals surface area contributed by atoms with Crippen molar-refractivity contribution in [1.29, 1.82) is 0 Å². The lowest BCUT2D eigenvalue weighted by Crippen LogP contribution is -2.08. The molecule has 0 rings (SSSR count). The SMILES string of the molecule is CCP(=O)(F)OCCC(C)(C)C. The van der Waals surface area contributed by atoms with Crippen molar-refractivity contribution in [3.05, 3.63) is 0 Å².